The Labute approximate surface area is 95.0 Å². The Morgan fingerprint density at radius 1 is 1.18 bits per heavy atom. The molecule has 0 N–H and O–H groups in total. The summed E-state index contributed by atoms with van der Waals surface area (Å²) in [5, 5.41) is 16.7. The number of rotatable bonds is 0. The molecular weight excluding hydrogens is 178 g/mol. The zero-order valence-electron chi connectivity index (χ0n) is 6.79. The van der Waals surface area contributed by atoms with Crippen molar-refractivity contribution in [3.8, 4) is 0 Å². The maximum absolute atomic E-state index is 10.1. The van der Waals surface area contributed by atoms with E-state index in [0.29, 0.717) is 0 Å². The molecule has 0 saturated heterocycles. The van der Waals surface area contributed by atoms with Gasteiger partial charge in [0, 0.05) is 21.0 Å². The monoisotopic (exact) mass is 187 g/mol. The molecule has 5 nitrogen and oxygen atoms in total. The molecule has 11 heavy (non-hydrogen) atoms. The molecule has 0 aromatic heterocycles. The predicted molar refractivity (Wildman–Crippen MR) is 35.5 cm³/mol. The van der Waals surface area contributed by atoms with Crippen molar-refractivity contribution in [2.24, 2.45) is 0 Å². The van der Waals surface area contributed by atoms with Gasteiger partial charge in [-0.1, -0.05) is 0 Å². The molecule has 0 unspecified atom stereocenters. The molecular formula is C5H9CaNO4. The van der Waals surface area contributed by atoms with Crippen LogP contribution in [0, 0.1) is 0 Å². The molecule has 0 fully saturated rings. The third-order valence-corrected chi connectivity index (χ3v) is 0.630. The summed E-state index contributed by atoms with van der Waals surface area (Å²) in [6, 6.07) is 0. The van der Waals surface area contributed by atoms with E-state index >= 15 is 0 Å². The fourth-order valence-corrected chi connectivity index (χ4v) is 0. The molecule has 0 rings (SSSR count). The van der Waals surface area contributed by atoms with E-state index in [9.17, 15) is 4.79 Å². The Bertz CT molecular complexity index is 122. The van der Waals surface area contributed by atoms with Crippen LogP contribution < -0.4 is 10.2 Å². The van der Waals surface area contributed by atoms with Crippen LogP contribution in [0.15, 0.2) is 0 Å². The second-order valence-corrected chi connectivity index (χ2v) is 1.66. The first kappa shape index (κ1) is 17.2. The van der Waals surface area contributed by atoms with E-state index in [1.807, 2.05) is 0 Å². The second kappa shape index (κ2) is 10.00. The largest absolute Gasteiger partial charge is 2.00 e. The third kappa shape index (κ3) is 40.0. The van der Waals surface area contributed by atoms with Crippen molar-refractivity contribution >= 4 is 49.8 Å². The molecule has 0 atom stereocenters. The van der Waals surface area contributed by atoms with Crippen molar-refractivity contribution in [3.63, 3.8) is 0 Å². The van der Waals surface area contributed by atoms with Gasteiger partial charge in [-0.25, -0.2) is 0 Å². The summed E-state index contributed by atoms with van der Waals surface area (Å²) in [4.78, 5) is 19.9. The van der Waals surface area contributed by atoms with Gasteiger partial charge in [0.25, 0.3) is 0 Å². The van der Waals surface area contributed by atoms with Gasteiger partial charge < -0.3 is 19.9 Å². The number of carboxylic acid groups (broad SMARTS) is 2. The summed E-state index contributed by atoms with van der Waals surface area (Å²) in [6.45, 7) is 1.53. The molecule has 1 amide bonds. The van der Waals surface area contributed by atoms with Gasteiger partial charge in [0.2, 0.25) is 5.91 Å². The zero-order chi connectivity index (χ0) is 8.73. The predicted octanol–water partition coefficient (Wildman–Crippen LogP) is -2.73. The Kier molecular flexibility index (Phi) is 15.6. The molecule has 6 heteroatoms. The molecule has 0 aromatic carbocycles. The van der Waals surface area contributed by atoms with Crippen LogP contribution in [0.25, 0.3) is 0 Å². The Morgan fingerprint density at radius 3 is 1.27 bits per heavy atom. The molecule has 0 bridgehead atoms. The average Bonchev–Trinajstić information content (AvgIpc) is 1.63. The van der Waals surface area contributed by atoms with Crippen molar-refractivity contribution in [3.05, 3.63) is 0 Å². The normalized spacial score (nSPS) is 6.45. The molecule has 0 aromatic rings. The summed E-state index contributed by atoms with van der Waals surface area (Å²) in [5.74, 6) is 0.0926. The summed E-state index contributed by atoms with van der Waals surface area (Å²) in [7, 11) is 3.45. The zero-order valence-corrected chi connectivity index (χ0v) is 9.00. The van der Waals surface area contributed by atoms with Crippen LogP contribution in [0.5, 0.6) is 0 Å². The van der Waals surface area contributed by atoms with Crippen LogP contribution in [0.1, 0.15) is 6.92 Å². The van der Waals surface area contributed by atoms with Crippen LogP contribution in [0.4, 0.5) is 4.79 Å². The van der Waals surface area contributed by atoms with E-state index in [0.717, 1.165) is 0 Å². The fourth-order valence-electron chi connectivity index (χ4n) is 0. The molecule has 0 spiro atoms. The first-order valence-electron chi connectivity index (χ1n) is 2.43. The quantitative estimate of drug-likeness (QED) is 0.385. The molecule has 0 saturated carbocycles. The van der Waals surface area contributed by atoms with Crippen LogP contribution in [0.2, 0.25) is 0 Å². The number of amides is 1. The molecule has 0 aliphatic heterocycles. The summed E-state index contributed by atoms with van der Waals surface area (Å²) in [6.07, 6.45) is -2.33. The molecule has 0 aliphatic carbocycles. The maximum atomic E-state index is 10.1. The van der Waals surface area contributed by atoms with Crippen molar-refractivity contribution in [2.45, 2.75) is 6.92 Å². The van der Waals surface area contributed by atoms with Crippen molar-refractivity contribution in [1.82, 2.24) is 4.90 Å². The second-order valence-electron chi connectivity index (χ2n) is 1.66. The number of carbonyl (C=O) groups is 2. The number of hydrogen-bond donors (Lipinski definition) is 0. The summed E-state index contributed by atoms with van der Waals surface area (Å²) >= 11 is 0. The molecule has 0 heterocycles. The minimum absolute atomic E-state index is 0. The molecule has 60 valence electrons. The van der Waals surface area contributed by atoms with Crippen molar-refractivity contribution in [2.75, 3.05) is 14.1 Å². The van der Waals surface area contributed by atoms with Gasteiger partial charge >= 0.3 is 37.7 Å². The van der Waals surface area contributed by atoms with Crippen LogP contribution in [0.3, 0.4) is 0 Å². The SMILES string of the molecule is CC(=O)N(C)C.O=C([O-])[O-].[Ca+2]. The molecule has 0 radical (unpaired) electrons. The van der Waals surface area contributed by atoms with E-state index in [-0.39, 0.29) is 43.6 Å². The van der Waals surface area contributed by atoms with Crippen LogP contribution in [-0.4, -0.2) is 68.8 Å². The topological polar surface area (TPSA) is 83.5 Å². The number of carbonyl (C=O) groups excluding carboxylic acids is 2. The van der Waals surface area contributed by atoms with Gasteiger partial charge in [-0.2, -0.15) is 0 Å². The van der Waals surface area contributed by atoms with Gasteiger partial charge in [0.05, 0.1) is 0 Å². The Morgan fingerprint density at radius 2 is 1.27 bits per heavy atom. The van der Waals surface area contributed by atoms with E-state index < -0.39 is 6.16 Å². The van der Waals surface area contributed by atoms with Crippen LogP contribution >= 0.6 is 0 Å². The van der Waals surface area contributed by atoms with Crippen LogP contribution in [-0.2, 0) is 4.79 Å². The number of nitrogens with zero attached hydrogens (tertiary/aromatic N) is 1. The van der Waals surface area contributed by atoms with Gasteiger partial charge in [0.1, 0.15) is 0 Å². The van der Waals surface area contributed by atoms with E-state index in [1.54, 1.807) is 14.1 Å². The van der Waals surface area contributed by atoms with E-state index in [2.05, 4.69) is 0 Å². The van der Waals surface area contributed by atoms with Gasteiger partial charge in [-0.15, -0.1) is 0 Å². The van der Waals surface area contributed by atoms with E-state index in [1.165, 1.54) is 11.8 Å². The first-order valence-corrected chi connectivity index (χ1v) is 2.43. The van der Waals surface area contributed by atoms with Gasteiger partial charge in [-0.05, 0) is 6.16 Å². The molecule has 0 aliphatic rings. The van der Waals surface area contributed by atoms with Crippen molar-refractivity contribution in [1.29, 1.82) is 0 Å². The minimum Gasteiger partial charge on any atom is -0.652 e. The minimum atomic E-state index is -2.33. The third-order valence-electron chi connectivity index (χ3n) is 0.630. The smallest absolute Gasteiger partial charge is 0.652 e. The summed E-state index contributed by atoms with van der Waals surface area (Å²) in [5.41, 5.74) is 0. The summed E-state index contributed by atoms with van der Waals surface area (Å²) < 4.78 is 0. The van der Waals surface area contributed by atoms with E-state index in [4.69, 9.17) is 15.0 Å². The van der Waals surface area contributed by atoms with Gasteiger partial charge in [0.15, 0.2) is 0 Å². The standard InChI is InChI=1S/C4H9NO.CH2O3.Ca/c1-4(6)5(2)3;2-1(3)4;/h1-3H3;(H2,2,3,4);/q;;+2/p-2. The first-order chi connectivity index (χ1) is 4.37. The van der Waals surface area contributed by atoms with Crippen molar-refractivity contribution < 1.29 is 19.8 Å². The fraction of sp³-hybridized carbons (Fsp3) is 0.600. The number of hydrogen-bond acceptors (Lipinski definition) is 4. The average molecular weight is 187 g/mol. The maximum Gasteiger partial charge on any atom is 2.00 e. The Balaban J connectivity index is -0.000000114. The Hall–Kier alpha value is -0.000260. The van der Waals surface area contributed by atoms with Gasteiger partial charge in [-0.3, -0.25) is 4.79 Å².